The van der Waals surface area contributed by atoms with Crippen LogP contribution in [0.25, 0.3) is 11.5 Å². The molecule has 0 unspecified atom stereocenters. The summed E-state index contributed by atoms with van der Waals surface area (Å²) in [5, 5.41) is 7.97. The summed E-state index contributed by atoms with van der Waals surface area (Å²) in [6.07, 6.45) is -0.642. The number of hydrogen-bond acceptors (Lipinski definition) is 6. The summed E-state index contributed by atoms with van der Waals surface area (Å²) in [4.78, 5) is 12.2. The first-order valence-electron chi connectivity index (χ1n) is 7.85. The van der Waals surface area contributed by atoms with E-state index in [1.807, 2.05) is 42.5 Å². The third-order valence-electron chi connectivity index (χ3n) is 3.59. The Balaban J connectivity index is 1.66. The minimum absolute atomic E-state index is 0.253. The number of benzene rings is 2. The van der Waals surface area contributed by atoms with Crippen molar-refractivity contribution >= 4 is 5.97 Å². The molecule has 2 aromatic carbocycles. The number of aromatic nitrogens is 2. The minimum Gasteiger partial charge on any atom is -0.449 e. The molecular weight excluding hydrogens is 320 g/mol. The van der Waals surface area contributed by atoms with Gasteiger partial charge in [-0.3, -0.25) is 0 Å². The maximum absolute atomic E-state index is 12.2. The smallest absolute Gasteiger partial charge is 0.338 e. The summed E-state index contributed by atoms with van der Waals surface area (Å²) in [7, 11) is 1.62. The lowest BCUT2D eigenvalue weighted by atomic mass is 10.1. The van der Waals surface area contributed by atoms with Gasteiger partial charge in [-0.15, -0.1) is 10.2 Å². The quantitative estimate of drug-likeness (QED) is 0.636. The zero-order chi connectivity index (χ0) is 17.6. The summed E-state index contributed by atoms with van der Waals surface area (Å²) < 4.78 is 16.1. The van der Waals surface area contributed by atoms with E-state index < -0.39 is 12.1 Å². The van der Waals surface area contributed by atoms with E-state index in [0.29, 0.717) is 18.1 Å². The van der Waals surface area contributed by atoms with Crippen molar-refractivity contribution < 1.29 is 18.7 Å². The van der Waals surface area contributed by atoms with Gasteiger partial charge in [0.1, 0.15) is 0 Å². The third kappa shape index (κ3) is 4.10. The summed E-state index contributed by atoms with van der Waals surface area (Å²) in [5.74, 6) is 0.196. The van der Waals surface area contributed by atoms with E-state index in [-0.39, 0.29) is 5.89 Å². The highest BCUT2D eigenvalue weighted by Crippen LogP contribution is 2.23. The average Bonchev–Trinajstić information content (AvgIpc) is 3.13. The molecule has 0 N–H and O–H groups in total. The Bertz CT molecular complexity index is 828. The number of carbonyl (C=O) groups excluding carboxylic acids is 1. The standard InChI is InChI=1S/C19H18N2O4/c1-13(17-20-21-18(25-17)15-6-4-3-5-7-15)24-19(22)16-10-8-14(9-11-16)12-23-2/h3-11,13H,12H2,1-2H3/t13-/m1/s1. The van der Waals surface area contributed by atoms with Crippen molar-refractivity contribution in [1.29, 1.82) is 0 Å². The number of esters is 1. The van der Waals surface area contributed by atoms with Crippen molar-refractivity contribution in [1.82, 2.24) is 10.2 Å². The molecule has 1 heterocycles. The highest BCUT2D eigenvalue weighted by Gasteiger charge is 2.19. The highest BCUT2D eigenvalue weighted by atomic mass is 16.6. The van der Waals surface area contributed by atoms with Crippen LogP contribution < -0.4 is 0 Å². The van der Waals surface area contributed by atoms with Crippen LogP contribution >= 0.6 is 0 Å². The van der Waals surface area contributed by atoms with Gasteiger partial charge in [0.25, 0.3) is 5.89 Å². The van der Waals surface area contributed by atoms with E-state index in [2.05, 4.69) is 10.2 Å². The fraction of sp³-hybridized carbons (Fsp3) is 0.211. The van der Waals surface area contributed by atoms with Gasteiger partial charge in [0.05, 0.1) is 12.2 Å². The topological polar surface area (TPSA) is 74.5 Å². The molecule has 0 bridgehead atoms. The molecule has 128 valence electrons. The summed E-state index contributed by atoms with van der Waals surface area (Å²) in [5.41, 5.74) is 2.25. The van der Waals surface area contributed by atoms with E-state index in [4.69, 9.17) is 13.9 Å². The molecule has 0 radical (unpaired) electrons. The van der Waals surface area contributed by atoms with Gasteiger partial charge >= 0.3 is 5.97 Å². The van der Waals surface area contributed by atoms with Crippen LogP contribution in [0.2, 0.25) is 0 Å². The van der Waals surface area contributed by atoms with Crippen LogP contribution in [0.4, 0.5) is 0 Å². The molecule has 0 fully saturated rings. The molecule has 6 nitrogen and oxygen atoms in total. The molecule has 1 aromatic heterocycles. The average molecular weight is 338 g/mol. The van der Waals surface area contributed by atoms with Crippen LogP contribution in [-0.4, -0.2) is 23.3 Å². The Morgan fingerprint density at radius 3 is 2.48 bits per heavy atom. The zero-order valence-electron chi connectivity index (χ0n) is 14.0. The zero-order valence-corrected chi connectivity index (χ0v) is 14.0. The Morgan fingerprint density at radius 1 is 1.08 bits per heavy atom. The lowest BCUT2D eigenvalue weighted by Gasteiger charge is -2.09. The SMILES string of the molecule is COCc1ccc(C(=O)O[C@H](C)c2nnc(-c3ccccc3)o2)cc1. The number of carbonyl (C=O) groups is 1. The number of ether oxygens (including phenoxy) is 2. The first-order chi connectivity index (χ1) is 12.2. The number of methoxy groups -OCH3 is 1. The van der Waals surface area contributed by atoms with Crippen molar-refractivity contribution in [2.75, 3.05) is 7.11 Å². The van der Waals surface area contributed by atoms with Crippen LogP contribution in [-0.2, 0) is 16.1 Å². The van der Waals surface area contributed by atoms with E-state index in [1.54, 1.807) is 26.2 Å². The van der Waals surface area contributed by atoms with E-state index in [9.17, 15) is 4.79 Å². The predicted molar refractivity (Wildman–Crippen MR) is 90.7 cm³/mol. The lowest BCUT2D eigenvalue weighted by molar-refractivity contribution is 0.0280. The molecule has 6 heteroatoms. The Hall–Kier alpha value is -2.99. The maximum Gasteiger partial charge on any atom is 0.338 e. The second kappa shape index (κ2) is 7.72. The molecule has 0 saturated heterocycles. The van der Waals surface area contributed by atoms with Crippen molar-refractivity contribution in [2.45, 2.75) is 19.6 Å². The Kier molecular flexibility index (Phi) is 5.20. The van der Waals surface area contributed by atoms with Gasteiger partial charge in [-0.2, -0.15) is 0 Å². The molecule has 0 aliphatic heterocycles. The van der Waals surface area contributed by atoms with Gasteiger partial charge in [0.2, 0.25) is 5.89 Å². The van der Waals surface area contributed by atoms with Gasteiger partial charge in [0, 0.05) is 12.7 Å². The molecule has 25 heavy (non-hydrogen) atoms. The molecular formula is C19H18N2O4. The van der Waals surface area contributed by atoms with Gasteiger partial charge in [-0.05, 0) is 36.8 Å². The number of rotatable bonds is 6. The fourth-order valence-electron chi connectivity index (χ4n) is 2.28. The second-order valence-corrected chi connectivity index (χ2v) is 5.49. The van der Waals surface area contributed by atoms with E-state index in [0.717, 1.165) is 11.1 Å². The van der Waals surface area contributed by atoms with E-state index >= 15 is 0 Å². The van der Waals surface area contributed by atoms with Crippen LogP contribution in [0.5, 0.6) is 0 Å². The minimum atomic E-state index is -0.642. The first kappa shape index (κ1) is 16.9. The van der Waals surface area contributed by atoms with Gasteiger partial charge in [-0.1, -0.05) is 30.3 Å². The van der Waals surface area contributed by atoms with Crippen molar-refractivity contribution in [3.8, 4) is 11.5 Å². The fourth-order valence-corrected chi connectivity index (χ4v) is 2.28. The van der Waals surface area contributed by atoms with E-state index in [1.165, 1.54) is 0 Å². The number of hydrogen-bond donors (Lipinski definition) is 0. The molecule has 0 aliphatic rings. The predicted octanol–water partition coefficient (Wildman–Crippen LogP) is 3.80. The molecule has 3 aromatic rings. The van der Waals surface area contributed by atoms with Crippen LogP contribution in [0.3, 0.4) is 0 Å². The summed E-state index contributed by atoms with van der Waals surface area (Å²) in [6, 6.07) is 16.5. The Labute approximate surface area is 145 Å². The molecule has 0 spiro atoms. The second-order valence-electron chi connectivity index (χ2n) is 5.49. The van der Waals surface area contributed by atoms with Crippen molar-refractivity contribution in [3.63, 3.8) is 0 Å². The van der Waals surface area contributed by atoms with Crippen LogP contribution in [0.1, 0.15) is 34.8 Å². The molecule has 0 amide bonds. The maximum atomic E-state index is 12.2. The lowest BCUT2D eigenvalue weighted by Crippen LogP contribution is -2.09. The van der Waals surface area contributed by atoms with Crippen molar-refractivity contribution in [2.24, 2.45) is 0 Å². The summed E-state index contributed by atoms with van der Waals surface area (Å²) in [6.45, 7) is 2.19. The van der Waals surface area contributed by atoms with Gasteiger partial charge in [0.15, 0.2) is 6.10 Å². The van der Waals surface area contributed by atoms with Crippen molar-refractivity contribution in [3.05, 3.63) is 71.6 Å². The third-order valence-corrected chi connectivity index (χ3v) is 3.59. The normalized spacial score (nSPS) is 11.9. The van der Waals surface area contributed by atoms with Crippen LogP contribution in [0.15, 0.2) is 59.0 Å². The Morgan fingerprint density at radius 2 is 1.80 bits per heavy atom. The molecule has 3 rings (SSSR count). The first-order valence-corrected chi connectivity index (χ1v) is 7.85. The number of nitrogens with zero attached hydrogens (tertiary/aromatic N) is 2. The molecule has 1 atom stereocenters. The largest absolute Gasteiger partial charge is 0.449 e. The van der Waals surface area contributed by atoms with Gasteiger partial charge in [-0.25, -0.2) is 4.79 Å². The highest BCUT2D eigenvalue weighted by molar-refractivity contribution is 5.89. The monoisotopic (exact) mass is 338 g/mol. The van der Waals surface area contributed by atoms with Gasteiger partial charge < -0.3 is 13.9 Å². The molecule has 0 aliphatic carbocycles. The van der Waals surface area contributed by atoms with Crippen LogP contribution in [0, 0.1) is 0 Å². The molecule has 0 saturated carbocycles. The summed E-state index contributed by atoms with van der Waals surface area (Å²) >= 11 is 0.